The zero-order valence-corrected chi connectivity index (χ0v) is 23.0. The summed E-state index contributed by atoms with van der Waals surface area (Å²) in [7, 11) is 4.39. The highest BCUT2D eigenvalue weighted by atomic mass is 127. The molecule has 1 aromatic rings. The molecule has 2 atom stereocenters. The number of nitrogens with zero attached hydrogens (tertiary/aromatic N) is 2. The van der Waals surface area contributed by atoms with E-state index in [0.29, 0.717) is 24.3 Å². The molecule has 0 saturated carbocycles. The summed E-state index contributed by atoms with van der Waals surface area (Å²) in [5.41, 5.74) is 1.01. The molecule has 6 nitrogen and oxygen atoms in total. The van der Waals surface area contributed by atoms with Crippen LogP contribution in [0.5, 0.6) is 0 Å². The van der Waals surface area contributed by atoms with Gasteiger partial charge in [-0.1, -0.05) is 36.4 Å². The second kappa shape index (κ2) is 14.1. The summed E-state index contributed by atoms with van der Waals surface area (Å²) >= 11 is 0. The Balaban J connectivity index is 0.00000240. The predicted octanol–water partition coefficient (Wildman–Crippen LogP) is -3.82. The van der Waals surface area contributed by atoms with E-state index in [4.69, 9.17) is 14.2 Å². The second-order valence-corrected chi connectivity index (χ2v) is 8.64. The molecule has 2 heterocycles. The van der Waals surface area contributed by atoms with Gasteiger partial charge in [-0.05, 0) is 6.08 Å². The number of halogens is 2. The van der Waals surface area contributed by atoms with Crippen LogP contribution < -0.4 is 48.0 Å². The minimum atomic E-state index is -0.307. The summed E-state index contributed by atoms with van der Waals surface area (Å²) in [6, 6.07) is 9.69. The molecular formula is C23H36I2N2O4. The molecule has 31 heavy (non-hydrogen) atoms. The van der Waals surface area contributed by atoms with Crippen LogP contribution in [-0.4, -0.2) is 94.8 Å². The molecule has 2 aliphatic heterocycles. The van der Waals surface area contributed by atoms with Crippen molar-refractivity contribution in [2.75, 3.05) is 79.9 Å². The number of morpholine rings is 1. The van der Waals surface area contributed by atoms with Crippen molar-refractivity contribution < 1.29 is 75.9 Å². The maximum atomic E-state index is 13.0. The van der Waals surface area contributed by atoms with Crippen molar-refractivity contribution in [1.82, 2.24) is 0 Å². The third-order valence-corrected chi connectivity index (χ3v) is 6.26. The predicted molar refractivity (Wildman–Crippen MR) is 112 cm³/mol. The average Bonchev–Trinajstić information content (AvgIpc) is 2.72. The van der Waals surface area contributed by atoms with Crippen molar-refractivity contribution in [2.24, 2.45) is 0 Å². The van der Waals surface area contributed by atoms with Gasteiger partial charge in [0, 0.05) is 12.0 Å². The Kier molecular flexibility index (Phi) is 13.1. The molecule has 1 fully saturated rings. The van der Waals surface area contributed by atoms with Gasteiger partial charge in [-0.25, -0.2) is 4.79 Å². The normalized spacial score (nSPS) is 23.2. The van der Waals surface area contributed by atoms with Crippen LogP contribution in [-0.2, 0) is 19.0 Å². The molecule has 2 aliphatic rings. The molecule has 8 heteroatoms. The number of hydrogen-bond acceptors (Lipinski definition) is 4. The molecule has 0 bridgehead atoms. The molecule has 1 saturated heterocycles. The number of esters is 1. The maximum Gasteiger partial charge on any atom is 0.370 e. The molecule has 0 radical (unpaired) electrons. The van der Waals surface area contributed by atoms with E-state index in [9.17, 15) is 4.79 Å². The first kappa shape index (κ1) is 28.8. The highest BCUT2D eigenvalue weighted by Crippen LogP contribution is 2.30. The highest BCUT2D eigenvalue weighted by Gasteiger charge is 2.40. The van der Waals surface area contributed by atoms with Crippen LogP contribution in [0.15, 0.2) is 42.5 Å². The van der Waals surface area contributed by atoms with Gasteiger partial charge in [0.05, 0.1) is 53.6 Å². The van der Waals surface area contributed by atoms with E-state index in [-0.39, 0.29) is 60.0 Å². The van der Waals surface area contributed by atoms with E-state index >= 15 is 0 Å². The average molecular weight is 658 g/mol. The van der Waals surface area contributed by atoms with Gasteiger partial charge in [-0.2, -0.15) is 0 Å². The minimum Gasteiger partial charge on any atom is -1.00 e. The molecular weight excluding hydrogens is 622 g/mol. The number of carbonyl (C=O) groups excluding carboxylic acids is 1. The third-order valence-electron chi connectivity index (χ3n) is 6.26. The molecule has 2 unspecified atom stereocenters. The first-order valence-corrected chi connectivity index (χ1v) is 10.7. The lowest BCUT2D eigenvalue weighted by molar-refractivity contribution is -0.926. The minimum absolute atomic E-state index is 0. The molecule has 1 aromatic carbocycles. The van der Waals surface area contributed by atoms with Crippen LogP contribution in [0.1, 0.15) is 18.0 Å². The van der Waals surface area contributed by atoms with Gasteiger partial charge in [0.2, 0.25) is 6.04 Å². The quantitative estimate of drug-likeness (QED) is 0.0899. The fraction of sp³-hybridized carbons (Fsp3) is 0.609. The Morgan fingerprint density at radius 3 is 2.35 bits per heavy atom. The smallest absolute Gasteiger partial charge is 0.370 e. The van der Waals surface area contributed by atoms with E-state index in [1.54, 1.807) is 0 Å². The largest absolute Gasteiger partial charge is 1.00 e. The van der Waals surface area contributed by atoms with Crippen molar-refractivity contribution in [3.05, 3.63) is 48.0 Å². The van der Waals surface area contributed by atoms with Gasteiger partial charge < -0.3 is 71.1 Å². The number of ether oxygens (including phenoxy) is 3. The van der Waals surface area contributed by atoms with Gasteiger partial charge in [0.25, 0.3) is 0 Å². The second-order valence-electron chi connectivity index (χ2n) is 8.64. The highest BCUT2D eigenvalue weighted by molar-refractivity contribution is 5.76. The van der Waals surface area contributed by atoms with Crippen molar-refractivity contribution in [3.63, 3.8) is 0 Å². The fourth-order valence-electron chi connectivity index (χ4n) is 4.19. The zero-order chi connectivity index (χ0) is 20.6. The van der Waals surface area contributed by atoms with Crippen LogP contribution in [0.4, 0.5) is 0 Å². The van der Waals surface area contributed by atoms with Gasteiger partial charge in [-0.3, -0.25) is 0 Å². The Morgan fingerprint density at radius 1 is 1.00 bits per heavy atom. The monoisotopic (exact) mass is 658 g/mol. The van der Waals surface area contributed by atoms with Crippen LogP contribution in [0.3, 0.4) is 0 Å². The Bertz CT molecular complexity index is 683. The standard InChI is InChI=1S/C23H36N2O4.2HI/c1-24(13-16-27-17-14-24)15-18-28-19-20-29-23(26)22(21-9-5-3-6-10-21)25(2)11-7-4-8-12-25;;/h3-7,9-10,22H,8,11-20H2,1-2H3;2*1H/q+2;;/p-2. The summed E-state index contributed by atoms with van der Waals surface area (Å²) in [6.07, 6.45) is 5.35. The maximum absolute atomic E-state index is 13.0. The van der Waals surface area contributed by atoms with E-state index in [1.165, 1.54) is 0 Å². The lowest BCUT2D eigenvalue weighted by Crippen LogP contribution is -3.00. The van der Waals surface area contributed by atoms with Crippen molar-refractivity contribution >= 4 is 5.97 Å². The number of hydrogen-bond donors (Lipinski definition) is 0. The summed E-state index contributed by atoms with van der Waals surface area (Å²) < 4.78 is 18.5. The van der Waals surface area contributed by atoms with Crippen molar-refractivity contribution in [1.29, 1.82) is 0 Å². The molecule has 176 valence electrons. The van der Waals surface area contributed by atoms with Gasteiger partial charge in [0.1, 0.15) is 26.2 Å². The molecule has 3 rings (SSSR count). The van der Waals surface area contributed by atoms with Crippen LogP contribution >= 0.6 is 0 Å². The number of carbonyl (C=O) groups is 1. The Labute approximate surface area is 221 Å². The summed E-state index contributed by atoms with van der Waals surface area (Å²) in [5, 5.41) is 0. The van der Waals surface area contributed by atoms with E-state index in [2.05, 4.69) is 26.2 Å². The summed E-state index contributed by atoms with van der Waals surface area (Å²) in [4.78, 5) is 13.0. The van der Waals surface area contributed by atoms with E-state index in [0.717, 1.165) is 62.4 Å². The lowest BCUT2D eigenvalue weighted by atomic mass is 10.0. The first-order valence-electron chi connectivity index (χ1n) is 10.7. The number of likely N-dealkylation sites (N-methyl/N-ethyl adjacent to an activating group) is 2. The Morgan fingerprint density at radius 2 is 1.71 bits per heavy atom. The molecule has 0 aromatic heterocycles. The first-order chi connectivity index (χ1) is 14.0. The van der Waals surface area contributed by atoms with Crippen LogP contribution in [0, 0.1) is 0 Å². The van der Waals surface area contributed by atoms with Gasteiger partial charge in [0.15, 0.2) is 0 Å². The zero-order valence-electron chi connectivity index (χ0n) is 18.7. The third kappa shape index (κ3) is 8.54. The Hall–Kier alpha value is -0.270. The molecule has 0 spiro atoms. The fourth-order valence-corrected chi connectivity index (χ4v) is 4.19. The summed E-state index contributed by atoms with van der Waals surface area (Å²) in [5.74, 6) is -0.162. The van der Waals surface area contributed by atoms with E-state index < -0.39 is 0 Å². The summed E-state index contributed by atoms with van der Waals surface area (Å²) in [6.45, 7) is 7.85. The van der Waals surface area contributed by atoms with Gasteiger partial charge >= 0.3 is 5.97 Å². The number of benzene rings is 1. The van der Waals surface area contributed by atoms with E-state index in [1.807, 2.05) is 30.3 Å². The molecule has 0 amide bonds. The lowest BCUT2D eigenvalue weighted by Gasteiger charge is -2.41. The molecule has 0 aliphatic carbocycles. The van der Waals surface area contributed by atoms with Crippen molar-refractivity contribution in [3.8, 4) is 0 Å². The molecule has 0 N–H and O–H groups in total. The van der Waals surface area contributed by atoms with Crippen LogP contribution in [0.25, 0.3) is 0 Å². The van der Waals surface area contributed by atoms with Gasteiger partial charge in [-0.15, -0.1) is 0 Å². The number of rotatable bonds is 9. The van der Waals surface area contributed by atoms with Crippen LogP contribution in [0.2, 0.25) is 0 Å². The van der Waals surface area contributed by atoms with Crippen molar-refractivity contribution in [2.45, 2.75) is 12.5 Å². The topological polar surface area (TPSA) is 44.8 Å². The number of quaternary nitrogens is 2. The SMILES string of the molecule is C[N+]1(CCOCCOC(=O)C(c2ccccc2)[N+]2(C)CC=CCC2)CCOCC1.[I-].[I-].